The lowest BCUT2D eigenvalue weighted by atomic mass is 10.2. The van der Waals surface area contributed by atoms with Gasteiger partial charge in [-0.3, -0.25) is 4.98 Å². The van der Waals surface area contributed by atoms with Crippen LogP contribution >= 0.6 is 15.9 Å². The molecule has 3 nitrogen and oxygen atoms in total. The summed E-state index contributed by atoms with van der Waals surface area (Å²) in [5.41, 5.74) is 1.86. The lowest BCUT2D eigenvalue weighted by Crippen LogP contribution is -1.76. The van der Waals surface area contributed by atoms with E-state index >= 15 is 0 Å². The number of hydrogen-bond donors (Lipinski definition) is 0. The first kappa shape index (κ1) is 8.44. The summed E-state index contributed by atoms with van der Waals surface area (Å²) < 4.78 is 5.05. The van der Waals surface area contributed by atoms with E-state index in [2.05, 4.69) is 26.1 Å². The van der Waals surface area contributed by atoms with Gasteiger partial charge >= 0.3 is 0 Å². The van der Waals surface area contributed by atoms with Gasteiger partial charge in [-0.2, -0.15) is 0 Å². The minimum absolute atomic E-state index is 0.686. The zero-order valence-electron chi connectivity index (χ0n) is 6.77. The monoisotopic (exact) mass is 238 g/mol. The molecule has 0 spiro atoms. The fourth-order valence-corrected chi connectivity index (χ4v) is 1.30. The summed E-state index contributed by atoms with van der Waals surface area (Å²) in [6.07, 6.45) is 3.47. The van der Waals surface area contributed by atoms with Gasteiger partial charge in [0.15, 0.2) is 0 Å². The van der Waals surface area contributed by atoms with Gasteiger partial charge in [0.05, 0.1) is 5.33 Å². The highest BCUT2D eigenvalue weighted by Crippen LogP contribution is 2.18. The van der Waals surface area contributed by atoms with E-state index in [1.807, 2.05) is 18.2 Å². The standard InChI is InChI=1S/C9H7BrN2O/c10-6-8-5-9(12-13-8)7-1-3-11-4-2-7/h1-5H,6H2. The zero-order chi connectivity index (χ0) is 9.10. The fourth-order valence-electron chi connectivity index (χ4n) is 1.03. The normalized spacial score (nSPS) is 10.2. The molecule has 0 radical (unpaired) electrons. The molecule has 0 amide bonds. The van der Waals surface area contributed by atoms with E-state index in [1.165, 1.54) is 0 Å². The Kier molecular flexibility index (Phi) is 2.40. The molecular formula is C9H7BrN2O. The van der Waals surface area contributed by atoms with Crippen LogP contribution in [0.1, 0.15) is 5.76 Å². The summed E-state index contributed by atoms with van der Waals surface area (Å²) >= 11 is 3.30. The number of halogens is 1. The zero-order valence-corrected chi connectivity index (χ0v) is 8.36. The van der Waals surface area contributed by atoms with Gasteiger partial charge < -0.3 is 4.52 Å². The van der Waals surface area contributed by atoms with Crippen LogP contribution in [-0.2, 0) is 5.33 Å². The molecule has 0 saturated heterocycles. The van der Waals surface area contributed by atoms with Crippen LogP contribution < -0.4 is 0 Å². The molecular weight excluding hydrogens is 232 g/mol. The maximum Gasteiger partial charge on any atom is 0.147 e. The predicted octanol–water partition coefficient (Wildman–Crippen LogP) is 2.63. The van der Waals surface area contributed by atoms with E-state index in [0.29, 0.717) is 5.33 Å². The van der Waals surface area contributed by atoms with Crippen LogP contribution in [0.4, 0.5) is 0 Å². The van der Waals surface area contributed by atoms with Crippen molar-refractivity contribution in [3.63, 3.8) is 0 Å². The summed E-state index contributed by atoms with van der Waals surface area (Å²) in [5, 5.41) is 4.61. The average Bonchev–Trinajstić information content (AvgIpc) is 2.67. The number of pyridine rings is 1. The first-order valence-corrected chi connectivity index (χ1v) is 4.94. The van der Waals surface area contributed by atoms with Crippen molar-refractivity contribution >= 4 is 15.9 Å². The average molecular weight is 239 g/mol. The van der Waals surface area contributed by atoms with E-state index in [0.717, 1.165) is 17.0 Å². The van der Waals surface area contributed by atoms with Crippen LogP contribution in [0.5, 0.6) is 0 Å². The minimum Gasteiger partial charge on any atom is -0.360 e. The van der Waals surface area contributed by atoms with Gasteiger partial charge in [0, 0.05) is 24.0 Å². The van der Waals surface area contributed by atoms with Crippen molar-refractivity contribution in [3.05, 3.63) is 36.4 Å². The molecule has 0 saturated carbocycles. The Hall–Kier alpha value is -1.16. The summed E-state index contributed by atoms with van der Waals surface area (Å²) in [6, 6.07) is 5.70. The van der Waals surface area contributed by atoms with Crippen LogP contribution in [0, 0.1) is 0 Å². The number of hydrogen-bond acceptors (Lipinski definition) is 3. The molecule has 4 heteroatoms. The topological polar surface area (TPSA) is 38.9 Å². The van der Waals surface area contributed by atoms with E-state index in [9.17, 15) is 0 Å². The maximum absolute atomic E-state index is 5.05. The van der Waals surface area contributed by atoms with Crippen molar-refractivity contribution in [2.24, 2.45) is 0 Å². The van der Waals surface area contributed by atoms with Gasteiger partial charge in [0.25, 0.3) is 0 Å². The Morgan fingerprint density at radius 2 is 2.08 bits per heavy atom. The van der Waals surface area contributed by atoms with Crippen molar-refractivity contribution in [2.45, 2.75) is 5.33 Å². The molecule has 13 heavy (non-hydrogen) atoms. The molecule has 0 aromatic carbocycles. The van der Waals surface area contributed by atoms with Crippen LogP contribution in [0.2, 0.25) is 0 Å². The SMILES string of the molecule is BrCc1cc(-c2ccncc2)no1. The van der Waals surface area contributed by atoms with E-state index < -0.39 is 0 Å². The molecule has 0 unspecified atom stereocenters. The van der Waals surface area contributed by atoms with Crippen molar-refractivity contribution in [1.82, 2.24) is 10.1 Å². The maximum atomic E-state index is 5.05. The summed E-state index contributed by atoms with van der Waals surface area (Å²) in [5.74, 6) is 0.826. The summed E-state index contributed by atoms with van der Waals surface area (Å²) in [6.45, 7) is 0. The van der Waals surface area contributed by atoms with Gasteiger partial charge in [0.1, 0.15) is 11.5 Å². The van der Waals surface area contributed by atoms with Crippen LogP contribution in [-0.4, -0.2) is 10.1 Å². The lowest BCUT2D eigenvalue weighted by Gasteiger charge is -1.90. The number of nitrogens with zero attached hydrogens (tertiary/aromatic N) is 2. The molecule has 0 atom stereocenters. The molecule has 0 aliphatic heterocycles. The van der Waals surface area contributed by atoms with Crippen LogP contribution in [0.15, 0.2) is 35.1 Å². The highest BCUT2D eigenvalue weighted by atomic mass is 79.9. The second kappa shape index (κ2) is 3.70. The first-order valence-electron chi connectivity index (χ1n) is 3.82. The number of alkyl halides is 1. The third-order valence-electron chi connectivity index (χ3n) is 1.67. The molecule has 66 valence electrons. The van der Waals surface area contributed by atoms with Crippen LogP contribution in [0.3, 0.4) is 0 Å². The van der Waals surface area contributed by atoms with E-state index in [4.69, 9.17) is 4.52 Å². The molecule has 0 N–H and O–H groups in total. The third-order valence-corrected chi connectivity index (χ3v) is 2.22. The van der Waals surface area contributed by atoms with Crippen molar-refractivity contribution < 1.29 is 4.52 Å². The quantitative estimate of drug-likeness (QED) is 0.756. The van der Waals surface area contributed by atoms with Crippen LogP contribution in [0.25, 0.3) is 11.3 Å². The Morgan fingerprint density at radius 1 is 1.31 bits per heavy atom. The van der Waals surface area contributed by atoms with Crippen molar-refractivity contribution in [1.29, 1.82) is 0 Å². The predicted molar refractivity (Wildman–Crippen MR) is 52.4 cm³/mol. The first-order chi connectivity index (χ1) is 6.40. The molecule has 0 fully saturated rings. The third kappa shape index (κ3) is 1.78. The summed E-state index contributed by atoms with van der Waals surface area (Å²) in [4.78, 5) is 3.93. The Balaban J connectivity index is 2.36. The second-order valence-corrected chi connectivity index (χ2v) is 3.11. The molecule has 2 rings (SSSR count). The van der Waals surface area contributed by atoms with Gasteiger partial charge in [-0.25, -0.2) is 0 Å². The minimum atomic E-state index is 0.686. The van der Waals surface area contributed by atoms with E-state index in [-0.39, 0.29) is 0 Å². The highest BCUT2D eigenvalue weighted by Gasteiger charge is 2.03. The Labute approximate surface area is 83.9 Å². The largest absolute Gasteiger partial charge is 0.360 e. The Bertz CT molecular complexity index is 386. The lowest BCUT2D eigenvalue weighted by molar-refractivity contribution is 0.398. The van der Waals surface area contributed by atoms with Gasteiger partial charge in [-0.15, -0.1) is 0 Å². The molecule has 2 aromatic rings. The highest BCUT2D eigenvalue weighted by molar-refractivity contribution is 9.08. The summed E-state index contributed by atoms with van der Waals surface area (Å²) in [7, 11) is 0. The van der Waals surface area contributed by atoms with Gasteiger partial charge in [0.2, 0.25) is 0 Å². The van der Waals surface area contributed by atoms with Gasteiger partial charge in [-0.05, 0) is 12.1 Å². The molecule has 0 aliphatic carbocycles. The van der Waals surface area contributed by atoms with Crippen molar-refractivity contribution in [3.8, 4) is 11.3 Å². The molecule has 0 bridgehead atoms. The van der Waals surface area contributed by atoms with E-state index in [1.54, 1.807) is 12.4 Å². The second-order valence-electron chi connectivity index (χ2n) is 2.55. The Morgan fingerprint density at radius 3 is 2.69 bits per heavy atom. The van der Waals surface area contributed by atoms with Crippen molar-refractivity contribution in [2.75, 3.05) is 0 Å². The number of aromatic nitrogens is 2. The fraction of sp³-hybridized carbons (Fsp3) is 0.111. The van der Waals surface area contributed by atoms with Gasteiger partial charge in [-0.1, -0.05) is 21.1 Å². The molecule has 2 heterocycles. The number of rotatable bonds is 2. The smallest absolute Gasteiger partial charge is 0.147 e. The molecule has 0 aliphatic rings. The molecule has 2 aromatic heterocycles.